The molecular formula is C9H10FN2O5. The number of aromatic nitrogens is 2. The topological polar surface area (TPSA) is 104 Å². The fourth-order valence-electron chi connectivity index (χ4n) is 1.71. The van der Waals surface area contributed by atoms with E-state index in [9.17, 15) is 24.2 Å². The van der Waals surface area contributed by atoms with Gasteiger partial charge in [-0.3, -0.25) is 14.3 Å². The highest BCUT2D eigenvalue weighted by atomic mass is 19.1. The first-order valence-corrected chi connectivity index (χ1v) is 4.95. The minimum Gasteiger partial charge on any atom is -0.390 e. The Morgan fingerprint density at radius 1 is 1.59 bits per heavy atom. The summed E-state index contributed by atoms with van der Waals surface area (Å²) >= 11 is 0. The van der Waals surface area contributed by atoms with Gasteiger partial charge in [0.05, 0.1) is 12.3 Å². The van der Waals surface area contributed by atoms with Crippen LogP contribution in [0.3, 0.4) is 0 Å². The zero-order chi connectivity index (χ0) is 12.6. The van der Waals surface area contributed by atoms with Gasteiger partial charge in [0.25, 0.3) is 5.56 Å². The van der Waals surface area contributed by atoms with E-state index in [0.717, 1.165) is 4.57 Å². The zero-order valence-corrected chi connectivity index (χ0v) is 8.63. The van der Waals surface area contributed by atoms with Crippen molar-refractivity contribution in [3.63, 3.8) is 0 Å². The van der Waals surface area contributed by atoms with E-state index in [1.807, 2.05) is 0 Å². The lowest BCUT2D eigenvalue weighted by atomic mass is 10.2. The van der Waals surface area contributed by atoms with Crippen molar-refractivity contribution >= 4 is 0 Å². The van der Waals surface area contributed by atoms with E-state index in [-0.39, 0.29) is 6.42 Å². The number of nitrogens with one attached hydrogen (secondary N) is 1. The molecule has 0 amide bonds. The van der Waals surface area contributed by atoms with E-state index < -0.39 is 42.1 Å². The lowest BCUT2D eigenvalue weighted by Crippen LogP contribution is -2.34. The molecule has 1 aromatic heterocycles. The molecule has 0 bridgehead atoms. The Balaban J connectivity index is 2.34. The van der Waals surface area contributed by atoms with Gasteiger partial charge in [0.15, 0.2) is 0 Å². The Morgan fingerprint density at radius 3 is 2.88 bits per heavy atom. The van der Waals surface area contributed by atoms with Crippen LogP contribution in [0.4, 0.5) is 4.39 Å². The highest BCUT2D eigenvalue weighted by Gasteiger charge is 2.35. The molecule has 7 nitrogen and oxygen atoms in total. The Hall–Kier alpha value is -1.51. The molecule has 2 rings (SSSR count). The Bertz CT molecular complexity index is 525. The van der Waals surface area contributed by atoms with Gasteiger partial charge in [-0.15, -0.1) is 0 Å². The smallest absolute Gasteiger partial charge is 0.330 e. The molecule has 0 saturated carbocycles. The van der Waals surface area contributed by atoms with Gasteiger partial charge in [-0.05, 0) is 0 Å². The van der Waals surface area contributed by atoms with E-state index in [2.05, 4.69) is 0 Å². The summed E-state index contributed by atoms with van der Waals surface area (Å²) in [7, 11) is 0. The summed E-state index contributed by atoms with van der Waals surface area (Å²) in [4.78, 5) is 24.0. The van der Waals surface area contributed by atoms with Gasteiger partial charge in [0.2, 0.25) is 5.82 Å². The van der Waals surface area contributed by atoms with Crippen molar-refractivity contribution in [2.75, 3.05) is 6.61 Å². The maximum Gasteiger partial charge on any atom is 0.330 e. The van der Waals surface area contributed by atoms with Crippen molar-refractivity contribution in [2.45, 2.75) is 24.9 Å². The van der Waals surface area contributed by atoms with Crippen LogP contribution < -0.4 is 11.2 Å². The molecule has 1 radical (unpaired) electrons. The molecule has 8 heteroatoms. The maximum atomic E-state index is 13.0. The molecule has 3 atom stereocenters. The molecule has 0 spiro atoms. The van der Waals surface area contributed by atoms with Gasteiger partial charge in [0.1, 0.15) is 18.9 Å². The van der Waals surface area contributed by atoms with Gasteiger partial charge >= 0.3 is 5.69 Å². The molecule has 2 heterocycles. The third-order valence-electron chi connectivity index (χ3n) is 2.60. The lowest BCUT2D eigenvalue weighted by molar-refractivity contribution is -0.0601. The third-order valence-corrected chi connectivity index (χ3v) is 2.60. The van der Waals surface area contributed by atoms with Crippen LogP contribution in [0.1, 0.15) is 12.6 Å². The number of hydrogen-bond donors (Lipinski definition) is 2. The second kappa shape index (κ2) is 4.40. The average molecular weight is 245 g/mol. The number of ether oxygens (including phenoxy) is 1. The van der Waals surface area contributed by atoms with Crippen LogP contribution in [0.5, 0.6) is 0 Å². The predicted molar refractivity (Wildman–Crippen MR) is 51.4 cm³/mol. The van der Waals surface area contributed by atoms with Crippen molar-refractivity contribution in [2.24, 2.45) is 0 Å². The number of nitrogens with zero attached hydrogens (tertiary/aromatic N) is 1. The Labute approximate surface area is 94.1 Å². The summed E-state index contributed by atoms with van der Waals surface area (Å²) in [6.07, 6.45) is -2.17. The first-order valence-electron chi connectivity index (χ1n) is 4.95. The number of aromatic amines is 1. The van der Waals surface area contributed by atoms with Crippen molar-refractivity contribution in [3.05, 3.63) is 32.9 Å². The predicted octanol–water partition coefficient (Wildman–Crippen LogP) is -1.25. The summed E-state index contributed by atoms with van der Waals surface area (Å²) in [6.45, 7) is -0.655. The molecule has 1 fully saturated rings. The molecule has 0 aromatic carbocycles. The summed E-state index contributed by atoms with van der Waals surface area (Å²) in [5.74, 6) is -1.13. The van der Waals surface area contributed by atoms with Gasteiger partial charge in [-0.25, -0.2) is 9.90 Å². The maximum absolute atomic E-state index is 13.0. The van der Waals surface area contributed by atoms with Crippen LogP contribution in [0.15, 0.2) is 15.8 Å². The highest BCUT2D eigenvalue weighted by Crippen LogP contribution is 2.27. The molecule has 0 unspecified atom stereocenters. The standard InChI is InChI=1S/C9H10FN2O5/c10-4-2-12(9(16)11-8(4)15)7-1-5(14)6(3-13)17-7/h2,5-7,14H,1,3H2,(H,11,15,16)/t5-,6+,7+/m0/s1. The van der Waals surface area contributed by atoms with Gasteiger partial charge < -0.3 is 9.84 Å². The molecular weight excluding hydrogens is 235 g/mol. The number of halogens is 1. The number of aliphatic hydroxyl groups excluding tert-OH is 1. The minimum absolute atomic E-state index is 0.00169. The van der Waals surface area contributed by atoms with Gasteiger partial charge in [-0.2, -0.15) is 4.39 Å². The first kappa shape index (κ1) is 12.0. The van der Waals surface area contributed by atoms with Crippen LogP contribution in [0, 0.1) is 5.82 Å². The number of rotatable bonds is 2. The summed E-state index contributed by atoms with van der Waals surface area (Å²) in [6, 6.07) is 0. The summed E-state index contributed by atoms with van der Waals surface area (Å²) in [5.41, 5.74) is -1.97. The zero-order valence-electron chi connectivity index (χ0n) is 8.63. The van der Waals surface area contributed by atoms with Gasteiger partial charge in [-0.1, -0.05) is 0 Å². The van der Waals surface area contributed by atoms with Crippen molar-refractivity contribution in [3.8, 4) is 0 Å². The quantitative estimate of drug-likeness (QED) is 0.679. The van der Waals surface area contributed by atoms with E-state index >= 15 is 0 Å². The lowest BCUT2D eigenvalue weighted by Gasteiger charge is -2.13. The van der Waals surface area contributed by atoms with Crippen LogP contribution >= 0.6 is 0 Å². The normalized spacial score (nSPS) is 28.5. The number of H-pyrrole nitrogens is 1. The summed E-state index contributed by atoms with van der Waals surface area (Å²) in [5, 5.41) is 20.1. The largest absolute Gasteiger partial charge is 0.390 e. The van der Waals surface area contributed by atoms with Crippen molar-refractivity contribution < 1.29 is 19.3 Å². The van der Waals surface area contributed by atoms with E-state index in [4.69, 9.17) is 4.74 Å². The number of aliphatic hydroxyl groups is 1. The molecule has 1 aliphatic heterocycles. The molecule has 1 saturated heterocycles. The van der Waals surface area contributed by atoms with E-state index in [0.29, 0.717) is 6.20 Å². The fourth-order valence-corrected chi connectivity index (χ4v) is 1.71. The third kappa shape index (κ3) is 2.14. The minimum atomic E-state index is -1.13. The first-order chi connectivity index (χ1) is 8.02. The average Bonchev–Trinajstić information content (AvgIpc) is 2.65. The van der Waals surface area contributed by atoms with Crippen LogP contribution in [0.2, 0.25) is 0 Å². The molecule has 1 aliphatic rings. The molecule has 2 N–H and O–H groups in total. The fraction of sp³-hybridized carbons (Fsp3) is 0.556. The second-order valence-electron chi connectivity index (χ2n) is 3.74. The SMILES string of the molecule is [O]C[C@H]1O[C@@H](n2cc(F)c(=O)[nH]c2=O)C[C@@H]1O. The molecule has 0 aliphatic carbocycles. The molecule has 1 aromatic rings. The van der Waals surface area contributed by atoms with E-state index in [1.165, 1.54) is 0 Å². The van der Waals surface area contributed by atoms with E-state index in [1.54, 1.807) is 4.98 Å². The second-order valence-corrected chi connectivity index (χ2v) is 3.74. The molecule has 17 heavy (non-hydrogen) atoms. The number of hydrogen-bond acceptors (Lipinski definition) is 4. The Morgan fingerprint density at radius 2 is 2.29 bits per heavy atom. The van der Waals surface area contributed by atoms with Crippen LogP contribution in [0.25, 0.3) is 0 Å². The van der Waals surface area contributed by atoms with Gasteiger partial charge in [0, 0.05) is 6.42 Å². The van der Waals surface area contributed by atoms with Crippen LogP contribution in [-0.2, 0) is 9.84 Å². The monoisotopic (exact) mass is 245 g/mol. The Kier molecular flexibility index (Phi) is 3.09. The highest BCUT2D eigenvalue weighted by molar-refractivity contribution is 4.90. The molecule has 93 valence electrons. The van der Waals surface area contributed by atoms with Crippen LogP contribution in [-0.4, -0.2) is 33.5 Å². The van der Waals surface area contributed by atoms with Crippen molar-refractivity contribution in [1.29, 1.82) is 0 Å². The van der Waals surface area contributed by atoms with Crippen molar-refractivity contribution in [1.82, 2.24) is 9.55 Å². The summed E-state index contributed by atoms with van der Waals surface area (Å²) < 4.78 is 18.9.